The molecule has 12 atom stereocenters. The fourth-order valence-corrected chi connectivity index (χ4v) is 8.75. The molecule has 1 rings (SSSR count). The Morgan fingerprint density at radius 2 is 1.18 bits per heavy atom. The Bertz CT molecular complexity index is 2350. The summed E-state index contributed by atoms with van der Waals surface area (Å²) < 4.78 is 9.84. The van der Waals surface area contributed by atoms with Crippen molar-refractivity contribution in [3.8, 4) is 0 Å². The van der Waals surface area contributed by atoms with Gasteiger partial charge in [-0.2, -0.15) is 0 Å². The van der Waals surface area contributed by atoms with Gasteiger partial charge in [-0.1, -0.05) is 70.8 Å². The Morgan fingerprint density at radius 1 is 0.659 bits per heavy atom. The lowest BCUT2D eigenvalue weighted by atomic mass is 10.0. The number of hydrogen-bond donors (Lipinski definition) is 18. The maximum absolute atomic E-state index is 14.3. The number of allylic oxidation sites excluding steroid dienone is 1. The first-order chi connectivity index (χ1) is 41.7. The molecule has 0 bridgehead atoms. The number of aliphatic carboxylic acids is 1. The van der Waals surface area contributed by atoms with Gasteiger partial charge in [0.25, 0.3) is 11.8 Å². The number of nitrogens with one attached hydrogen (secondary N) is 10. The van der Waals surface area contributed by atoms with Gasteiger partial charge in [0.15, 0.2) is 12.1 Å². The van der Waals surface area contributed by atoms with Crippen LogP contribution in [-0.2, 0) is 71.8 Å². The first-order valence-electron chi connectivity index (χ1n) is 29.2. The minimum atomic E-state index is -2.63. The summed E-state index contributed by atoms with van der Waals surface area (Å²) in [5.74, 6) is -18.1. The molecular formula is C54H92ClN13O20. The first kappa shape index (κ1) is 78.9. The summed E-state index contributed by atoms with van der Waals surface area (Å²) in [6, 6.07) is -16.0. The number of rotatable bonds is 30. The van der Waals surface area contributed by atoms with Crippen LogP contribution in [0.15, 0.2) is 11.8 Å². The van der Waals surface area contributed by atoms with Crippen LogP contribution in [-0.4, -0.2) is 221 Å². The summed E-state index contributed by atoms with van der Waals surface area (Å²) in [7, 11) is 0.964. The highest BCUT2D eigenvalue weighted by molar-refractivity contribution is 6.18. The largest absolute Gasteiger partial charge is 0.481 e. The van der Waals surface area contributed by atoms with E-state index < -0.39 is 207 Å². The Morgan fingerprint density at radius 3 is 1.72 bits per heavy atom. The summed E-state index contributed by atoms with van der Waals surface area (Å²) in [6.07, 6.45) is -0.504. The smallest absolute Gasteiger partial charge is 0.331 e. The molecule has 0 aromatic heterocycles. The van der Waals surface area contributed by atoms with Crippen molar-refractivity contribution in [2.75, 3.05) is 45.8 Å². The van der Waals surface area contributed by atoms with E-state index in [2.05, 4.69) is 59.5 Å². The minimum absolute atomic E-state index is 0.0324. The van der Waals surface area contributed by atoms with Crippen molar-refractivity contribution in [3.05, 3.63) is 11.8 Å². The molecule has 21 N–H and O–H groups in total. The Hall–Kier alpha value is -7.14. The van der Waals surface area contributed by atoms with Gasteiger partial charge < -0.3 is 105 Å². The van der Waals surface area contributed by atoms with Gasteiger partial charge >= 0.3 is 17.9 Å². The molecule has 1 heterocycles. The summed E-state index contributed by atoms with van der Waals surface area (Å²) in [5.41, 5.74) is 16.6. The molecule has 88 heavy (non-hydrogen) atoms. The molecule has 0 aliphatic carbocycles. The van der Waals surface area contributed by atoms with Crippen LogP contribution in [0.2, 0.25) is 0 Å². The van der Waals surface area contributed by atoms with Gasteiger partial charge in [0.2, 0.25) is 47.3 Å². The highest BCUT2D eigenvalue weighted by atomic mass is 35.5. The zero-order chi connectivity index (χ0) is 66.5. The average molecular weight is 1280 g/mol. The van der Waals surface area contributed by atoms with Gasteiger partial charge in [0.1, 0.15) is 61.1 Å². The van der Waals surface area contributed by atoms with Crippen LogP contribution in [0.3, 0.4) is 0 Å². The van der Waals surface area contributed by atoms with Gasteiger partial charge in [0, 0.05) is 0 Å². The van der Waals surface area contributed by atoms with Crippen molar-refractivity contribution in [2.45, 2.75) is 203 Å². The normalized spacial score (nSPS) is 23.7. The average Bonchev–Trinajstić information content (AvgIpc) is 1.71. The predicted molar refractivity (Wildman–Crippen MR) is 313 cm³/mol. The lowest BCUT2D eigenvalue weighted by Gasteiger charge is -2.29. The first-order valence-corrected chi connectivity index (χ1v) is 29.8. The number of esters is 2. The van der Waals surface area contributed by atoms with Gasteiger partial charge in [0.05, 0.1) is 44.1 Å². The number of hydrogen-bond acceptors (Lipinski definition) is 22. The number of carbonyl (C=O) groups is 13. The van der Waals surface area contributed by atoms with Crippen molar-refractivity contribution >= 4 is 88.6 Å². The van der Waals surface area contributed by atoms with Crippen LogP contribution >= 0.6 is 11.6 Å². The summed E-state index contributed by atoms with van der Waals surface area (Å²) in [6.45, 7) is 1.66. The van der Waals surface area contributed by atoms with Gasteiger partial charge in [-0.3, -0.25) is 57.5 Å². The third-order valence-electron chi connectivity index (χ3n) is 13.6. The van der Waals surface area contributed by atoms with Crippen LogP contribution in [0.25, 0.3) is 0 Å². The zero-order valence-corrected chi connectivity index (χ0v) is 51.0. The SMILES string of the molecule is C/C=C1/NC(=O)C([C@H](C)O)NC(=O)[C@H](CCN)NC(=O)C([C@H](O)C(=O)NCC(=O)OC)NC(=O)C(CCCCN)NC(=O)[C@H](CC(=O)O)NC(=O)C(CCN)NC(=O)C(NC(=O)C[C@H](O)CCCCCCCCCCC)COC(=O)C([C@H](O)CCl)NC1=O. The molecule has 0 aromatic rings. The number of ether oxygens (including phenoxy) is 2. The number of aliphatic hydroxyl groups excluding tert-OH is 4. The molecule has 0 aromatic carbocycles. The number of nitrogens with two attached hydrogens (primary N) is 3. The number of carbonyl (C=O) groups excluding carboxylic acids is 12. The van der Waals surface area contributed by atoms with Crippen LogP contribution in [0.4, 0.5) is 0 Å². The van der Waals surface area contributed by atoms with E-state index >= 15 is 0 Å². The third kappa shape index (κ3) is 29.7. The monoisotopic (exact) mass is 1280 g/mol. The molecule has 0 saturated carbocycles. The lowest BCUT2D eigenvalue weighted by Crippen LogP contribution is -2.64. The molecule has 1 aliphatic heterocycles. The predicted octanol–water partition coefficient (Wildman–Crippen LogP) is -5.95. The van der Waals surface area contributed by atoms with E-state index in [0.29, 0.717) is 6.42 Å². The maximum Gasteiger partial charge on any atom is 0.331 e. The van der Waals surface area contributed by atoms with E-state index in [-0.39, 0.29) is 38.8 Å². The molecule has 0 spiro atoms. The summed E-state index contributed by atoms with van der Waals surface area (Å²) in [5, 5.41) is 75.5. The van der Waals surface area contributed by atoms with Crippen molar-refractivity contribution in [1.82, 2.24) is 53.2 Å². The molecule has 10 amide bonds. The standard InChI is InChI=1S/C54H92ClN13O20/c1-5-7-8-9-10-11-12-13-14-17-30(70)24-38(72)60-36-28-88-54(86)42(37(71)26-55)67-45(77)31(6-2)61-51(83)41(29(3)69)66-48(80)34(20-23-58)64-52(84)43(44(76)53(85)59-27-40(75)87-4)68-47(79)32(18-15-16-21-56)62-49(81)35(25-39(73)74)65-46(78)33(19-22-57)63-50(36)82/h6,29-30,32-37,41-44,69-71,76H,5,7-28,56-58H2,1-4H3,(H,59,85)(H,60,72)(H,61,83)(H,62,81)(H,63,82)(H,64,84)(H,65,78)(H,66,80)(H,67,77)(H,68,79)(H,73,74)/b31-6+/t29-,30+,32?,33?,34-,35-,36?,37+,41?,42?,43?,44-/m0/s1. The highest BCUT2D eigenvalue weighted by Gasteiger charge is 2.40. The van der Waals surface area contributed by atoms with Crippen molar-refractivity contribution in [1.29, 1.82) is 0 Å². The highest BCUT2D eigenvalue weighted by Crippen LogP contribution is 2.14. The number of aliphatic hydroxyl groups is 4. The van der Waals surface area contributed by atoms with E-state index in [0.717, 1.165) is 71.5 Å². The van der Waals surface area contributed by atoms with Crippen LogP contribution in [0.1, 0.15) is 130 Å². The van der Waals surface area contributed by atoms with Crippen molar-refractivity contribution < 1.29 is 97.3 Å². The summed E-state index contributed by atoms with van der Waals surface area (Å²) >= 11 is 5.91. The van der Waals surface area contributed by atoms with Gasteiger partial charge in [-0.15, -0.1) is 11.6 Å². The molecule has 1 fully saturated rings. The van der Waals surface area contributed by atoms with Crippen LogP contribution in [0, 0.1) is 0 Å². The molecular weight excluding hydrogens is 1190 g/mol. The quantitative estimate of drug-likeness (QED) is 0.0138. The molecule has 1 saturated heterocycles. The number of unbranched alkanes of at least 4 members (excludes halogenated alkanes) is 9. The summed E-state index contributed by atoms with van der Waals surface area (Å²) in [4.78, 5) is 177. The molecule has 0 radical (unpaired) electrons. The van der Waals surface area contributed by atoms with Crippen LogP contribution < -0.4 is 70.4 Å². The topological polar surface area (TPSA) is 540 Å². The van der Waals surface area contributed by atoms with Crippen molar-refractivity contribution in [3.63, 3.8) is 0 Å². The van der Waals surface area contributed by atoms with Gasteiger partial charge in [-0.25, -0.2) is 4.79 Å². The van der Waals surface area contributed by atoms with E-state index in [1.54, 1.807) is 0 Å². The van der Waals surface area contributed by atoms with E-state index in [4.69, 9.17) is 33.5 Å². The van der Waals surface area contributed by atoms with Crippen molar-refractivity contribution in [2.24, 2.45) is 17.2 Å². The third-order valence-corrected chi connectivity index (χ3v) is 13.9. The number of alkyl halides is 1. The Kier molecular flexibility index (Phi) is 39.0. The number of methoxy groups -OCH3 is 1. The number of halogens is 1. The second-order valence-corrected chi connectivity index (χ2v) is 21.1. The molecule has 34 heteroatoms. The number of carboxylic acid groups (broad SMARTS) is 1. The number of carboxylic acids is 1. The Labute approximate surface area is 515 Å². The Balaban J connectivity index is 4.09. The maximum atomic E-state index is 14.3. The molecule has 6 unspecified atom stereocenters. The molecule has 1 aliphatic rings. The fourth-order valence-electron chi connectivity index (χ4n) is 8.57. The second-order valence-electron chi connectivity index (χ2n) is 20.8. The number of amides is 10. The van der Waals surface area contributed by atoms with E-state index in [1.165, 1.54) is 6.92 Å². The molecule has 500 valence electrons. The number of cyclic esters (lactones) is 1. The van der Waals surface area contributed by atoms with E-state index in [9.17, 15) is 87.9 Å². The molecule has 33 nitrogen and oxygen atoms in total. The lowest BCUT2D eigenvalue weighted by molar-refractivity contribution is -0.153. The zero-order valence-electron chi connectivity index (χ0n) is 50.2. The van der Waals surface area contributed by atoms with E-state index in [1.807, 2.05) is 5.32 Å². The minimum Gasteiger partial charge on any atom is -0.481 e. The van der Waals surface area contributed by atoms with Gasteiger partial charge in [-0.05, 0) is 72.0 Å². The second kappa shape index (κ2) is 43.5. The van der Waals surface area contributed by atoms with Crippen LogP contribution in [0.5, 0.6) is 0 Å². The fraction of sp³-hybridized carbons (Fsp3) is 0.722.